The molecule has 0 saturated carbocycles. The van der Waals surface area contributed by atoms with Crippen molar-refractivity contribution in [2.75, 3.05) is 13.1 Å². The highest BCUT2D eigenvalue weighted by molar-refractivity contribution is 6.35. The van der Waals surface area contributed by atoms with Crippen LogP contribution in [-0.2, 0) is 4.79 Å². The van der Waals surface area contributed by atoms with Gasteiger partial charge >= 0.3 is 0 Å². The molecule has 0 radical (unpaired) electrons. The second-order valence-electron chi connectivity index (χ2n) is 4.94. The van der Waals surface area contributed by atoms with Gasteiger partial charge in [0.1, 0.15) is 0 Å². The van der Waals surface area contributed by atoms with Crippen LogP contribution in [0.4, 0.5) is 0 Å². The minimum Gasteiger partial charge on any atom is -0.349 e. The van der Waals surface area contributed by atoms with Gasteiger partial charge in [-0.25, -0.2) is 0 Å². The third-order valence-corrected chi connectivity index (χ3v) is 4.02. The minimum atomic E-state index is -0.112. The highest BCUT2D eigenvalue weighted by Crippen LogP contribution is 2.26. The zero-order valence-electron chi connectivity index (χ0n) is 10.9. The molecule has 2 rings (SSSR count). The first-order valence-corrected chi connectivity index (χ1v) is 7.29. The van der Waals surface area contributed by atoms with Crippen molar-refractivity contribution in [2.45, 2.75) is 25.8 Å². The molecule has 0 aromatic heterocycles. The largest absolute Gasteiger partial charge is 0.349 e. The van der Waals surface area contributed by atoms with Crippen molar-refractivity contribution < 1.29 is 4.79 Å². The molecule has 1 fully saturated rings. The molecule has 1 aliphatic heterocycles. The predicted molar refractivity (Wildman–Crippen MR) is 78.6 cm³/mol. The quantitative estimate of drug-likeness (QED) is 0.900. The van der Waals surface area contributed by atoms with Crippen LogP contribution in [0.1, 0.15) is 31.4 Å². The summed E-state index contributed by atoms with van der Waals surface area (Å²) < 4.78 is 0. The molecule has 2 unspecified atom stereocenters. The number of hydrogen-bond donors (Lipinski definition) is 2. The molecule has 1 aliphatic rings. The Morgan fingerprint density at radius 1 is 1.47 bits per heavy atom. The van der Waals surface area contributed by atoms with Crippen LogP contribution in [-0.4, -0.2) is 19.0 Å². The van der Waals surface area contributed by atoms with Gasteiger partial charge in [-0.05, 0) is 44.0 Å². The van der Waals surface area contributed by atoms with E-state index in [9.17, 15) is 4.79 Å². The Morgan fingerprint density at radius 3 is 2.89 bits per heavy atom. The first-order chi connectivity index (χ1) is 9.08. The Kier molecular flexibility index (Phi) is 5.08. The minimum absolute atomic E-state index is 0.0577. The van der Waals surface area contributed by atoms with Crippen molar-refractivity contribution in [1.82, 2.24) is 10.6 Å². The van der Waals surface area contributed by atoms with Crippen LogP contribution in [0.3, 0.4) is 0 Å². The summed E-state index contributed by atoms with van der Waals surface area (Å²) >= 11 is 12.0. The van der Waals surface area contributed by atoms with Crippen molar-refractivity contribution in [3.8, 4) is 0 Å². The van der Waals surface area contributed by atoms with E-state index in [-0.39, 0.29) is 17.9 Å². The lowest BCUT2D eigenvalue weighted by molar-refractivity contribution is -0.126. The van der Waals surface area contributed by atoms with E-state index in [4.69, 9.17) is 23.2 Å². The van der Waals surface area contributed by atoms with E-state index in [2.05, 4.69) is 10.6 Å². The number of carbonyl (C=O) groups is 1. The molecule has 5 heteroatoms. The summed E-state index contributed by atoms with van der Waals surface area (Å²) in [7, 11) is 0. The lowest BCUT2D eigenvalue weighted by Gasteiger charge is -2.24. The summed E-state index contributed by atoms with van der Waals surface area (Å²) in [6.45, 7) is 3.69. The predicted octanol–water partition coefficient (Wildman–Crippen LogP) is 3.17. The van der Waals surface area contributed by atoms with E-state index in [1.54, 1.807) is 12.1 Å². The zero-order valence-corrected chi connectivity index (χ0v) is 12.4. The van der Waals surface area contributed by atoms with Gasteiger partial charge < -0.3 is 10.6 Å². The second kappa shape index (κ2) is 6.60. The van der Waals surface area contributed by atoms with Gasteiger partial charge in [0.15, 0.2) is 0 Å². The van der Waals surface area contributed by atoms with E-state index < -0.39 is 0 Å². The molecule has 3 nitrogen and oxygen atoms in total. The van der Waals surface area contributed by atoms with Gasteiger partial charge in [0.2, 0.25) is 5.91 Å². The Hall–Kier alpha value is -0.770. The fraction of sp³-hybridized carbons (Fsp3) is 0.500. The van der Waals surface area contributed by atoms with Gasteiger partial charge in [-0.3, -0.25) is 4.79 Å². The van der Waals surface area contributed by atoms with Gasteiger partial charge in [0.25, 0.3) is 0 Å². The number of halogens is 2. The highest BCUT2D eigenvalue weighted by atomic mass is 35.5. The summed E-state index contributed by atoms with van der Waals surface area (Å²) in [5.74, 6) is 0.146. The fourth-order valence-electron chi connectivity index (χ4n) is 2.34. The second-order valence-corrected chi connectivity index (χ2v) is 5.78. The fourth-order valence-corrected chi connectivity index (χ4v) is 2.91. The lowest BCUT2D eigenvalue weighted by atomic mass is 9.98. The SMILES string of the molecule is CC(NC(=O)C1CCCNC1)c1ccc(Cl)cc1Cl. The summed E-state index contributed by atoms with van der Waals surface area (Å²) in [4.78, 5) is 12.1. The molecule has 2 atom stereocenters. The van der Waals surface area contributed by atoms with Crippen LogP contribution in [0.15, 0.2) is 18.2 Å². The number of amides is 1. The Balaban J connectivity index is 1.99. The molecule has 0 aliphatic carbocycles. The normalized spacial score (nSPS) is 20.9. The molecule has 1 aromatic rings. The molecule has 1 saturated heterocycles. The maximum Gasteiger partial charge on any atom is 0.224 e. The zero-order chi connectivity index (χ0) is 13.8. The van der Waals surface area contributed by atoms with Crippen LogP contribution >= 0.6 is 23.2 Å². The summed E-state index contributed by atoms with van der Waals surface area (Å²) in [5, 5.41) is 7.45. The molecule has 0 spiro atoms. The Bertz CT molecular complexity index is 459. The molecule has 1 amide bonds. The molecule has 104 valence electrons. The first-order valence-electron chi connectivity index (χ1n) is 6.54. The van der Waals surface area contributed by atoms with Crippen LogP contribution in [0.2, 0.25) is 10.0 Å². The van der Waals surface area contributed by atoms with Crippen molar-refractivity contribution in [3.63, 3.8) is 0 Å². The number of hydrogen-bond acceptors (Lipinski definition) is 2. The van der Waals surface area contributed by atoms with E-state index in [1.807, 2.05) is 13.0 Å². The van der Waals surface area contributed by atoms with Crippen LogP contribution in [0.5, 0.6) is 0 Å². The van der Waals surface area contributed by atoms with E-state index in [0.717, 1.165) is 31.5 Å². The van der Waals surface area contributed by atoms with Crippen LogP contribution < -0.4 is 10.6 Å². The third-order valence-electron chi connectivity index (χ3n) is 3.46. The summed E-state index contributed by atoms with van der Waals surface area (Å²) in [5.41, 5.74) is 0.892. The lowest BCUT2D eigenvalue weighted by Crippen LogP contribution is -2.41. The van der Waals surface area contributed by atoms with Crippen molar-refractivity contribution in [1.29, 1.82) is 0 Å². The van der Waals surface area contributed by atoms with Gasteiger partial charge in [0.05, 0.1) is 12.0 Å². The molecular weight excluding hydrogens is 283 g/mol. The molecule has 1 heterocycles. The van der Waals surface area contributed by atoms with Gasteiger partial charge in [-0.15, -0.1) is 0 Å². The third kappa shape index (κ3) is 3.85. The number of benzene rings is 1. The maximum atomic E-state index is 12.1. The van der Waals surface area contributed by atoms with E-state index >= 15 is 0 Å². The molecule has 1 aromatic carbocycles. The Labute approximate surface area is 123 Å². The molecule has 2 N–H and O–H groups in total. The van der Waals surface area contributed by atoms with E-state index in [0.29, 0.717) is 10.0 Å². The standard InChI is InChI=1S/C14H18Cl2N2O/c1-9(12-5-4-11(15)7-13(12)16)18-14(19)10-3-2-6-17-8-10/h4-5,7,9-10,17H,2-3,6,8H2,1H3,(H,18,19). The number of nitrogens with one attached hydrogen (secondary N) is 2. The maximum absolute atomic E-state index is 12.1. The average molecular weight is 301 g/mol. The van der Waals surface area contributed by atoms with Crippen molar-refractivity contribution >= 4 is 29.1 Å². The highest BCUT2D eigenvalue weighted by Gasteiger charge is 2.22. The van der Waals surface area contributed by atoms with Gasteiger partial charge in [0, 0.05) is 16.6 Å². The topological polar surface area (TPSA) is 41.1 Å². The van der Waals surface area contributed by atoms with Gasteiger partial charge in [-0.2, -0.15) is 0 Å². The van der Waals surface area contributed by atoms with Gasteiger partial charge in [-0.1, -0.05) is 29.3 Å². The first kappa shape index (κ1) is 14.6. The van der Waals surface area contributed by atoms with Crippen molar-refractivity contribution in [2.24, 2.45) is 5.92 Å². The van der Waals surface area contributed by atoms with Crippen LogP contribution in [0.25, 0.3) is 0 Å². The number of rotatable bonds is 3. The average Bonchev–Trinajstić information content (AvgIpc) is 2.39. The monoisotopic (exact) mass is 300 g/mol. The smallest absolute Gasteiger partial charge is 0.224 e. The number of carbonyl (C=O) groups excluding carboxylic acids is 1. The Morgan fingerprint density at radius 2 is 2.26 bits per heavy atom. The van der Waals surface area contributed by atoms with Crippen molar-refractivity contribution in [3.05, 3.63) is 33.8 Å². The number of piperidine rings is 1. The van der Waals surface area contributed by atoms with E-state index in [1.165, 1.54) is 0 Å². The summed E-state index contributed by atoms with van der Waals surface area (Å²) in [6.07, 6.45) is 1.99. The van der Waals surface area contributed by atoms with Crippen LogP contribution in [0, 0.1) is 5.92 Å². The molecule has 19 heavy (non-hydrogen) atoms. The molecule has 0 bridgehead atoms. The summed E-state index contributed by atoms with van der Waals surface area (Å²) in [6, 6.07) is 5.23. The molecular formula is C14H18Cl2N2O.